The van der Waals surface area contributed by atoms with E-state index in [-0.39, 0.29) is 0 Å². The molecule has 1 aliphatic heterocycles. The van der Waals surface area contributed by atoms with Gasteiger partial charge in [-0.15, -0.1) is 0 Å². The molecule has 4 aromatic rings. The molecule has 0 aliphatic carbocycles. The molecule has 0 spiro atoms. The predicted octanol–water partition coefficient (Wildman–Crippen LogP) is 5.26. The number of fused-ring (bicyclic) bond motifs is 1. The number of carbonyl (C=O) groups is 1. The summed E-state index contributed by atoms with van der Waals surface area (Å²) < 4.78 is 5.95. The van der Waals surface area contributed by atoms with Crippen molar-refractivity contribution >= 4 is 17.6 Å². The second-order valence-electron chi connectivity index (χ2n) is 11.1. The van der Waals surface area contributed by atoms with E-state index < -0.39 is 12.0 Å². The summed E-state index contributed by atoms with van der Waals surface area (Å²) in [5.74, 6) is 1.27. The van der Waals surface area contributed by atoms with Crippen LogP contribution in [-0.4, -0.2) is 74.7 Å². The van der Waals surface area contributed by atoms with Crippen LogP contribution in [0.2, 0.25) is 0 Å². The molecule has 0 fully saturated rings. The van der Waals surface area contributed by atoms with Gasteiger partial charge in [0.05, 0.1) is 24.3 Å². The lowest BCUT2D eigenvalue weighted by Crippen LogP contribution is -2.37. The molecule has 4 heterocycles. The summed E-state index contributed by atoms with van der Waals surface area (Å²) >= 11 is 0. The lowest BCUT2D eigenvalue weighted by Gasteiger charge is -2.24. The number of anilines is 2. The largest absolute Gasteiger partial charge is 0.491 e. The third kappa shape index (κ3) is 9.21. The summed E-state index contributed by atoms with van der Waals surface area (Å²) in [4.78, 5) is 32.5. The molecule has 44 heavy (non-hydrogen) atoms. The van der Waals surface area contributed by atoms with E-state index in [1.807, 2.05) is 49.4 Å². The maximum atomic E-state index is 12.2. The van der Waals surface area contributed by atoms with Gasteiger partial charge in [-0.25, -0.2) is 14.8 Å². The third-order valence-corrected chi connectivity index (χ3v) is 7.73. The van der Waals surface area contributed by atoms with Crippen LogP contribution in [-0.2, 0) is 17.6 Å². The van der Waals surface area contributed by atoms with Crippen LogP contribution in [0.5, 0.6) is 5.75 Å². The van der Waals surface area contributed by atoms with Gasteiger partial charge in [-0.05, 0) is 75.8 Å². The fourth-order valence-corrected chi connectivity index (χ4v) is 5.25. The fraction of sp³-hybridized carbons (Fsp3) is 0.382. The number of aryl methyl sites for hydroxylation is 3. The van der Waals surface area contributed by atoms with Gasteiger partial charge in [0.1, 0.15) is 30.0 Å². The number of carboxylic acid groups (broad SMARTS) is 1. The first-order valence-corrected chi connectivity index (χ1v) is 15.4. The molecule has 10 heteroatoms. The first-order chi connectivity index (χ1) is 21.5. The summed E-state index contributed by atoms with van der Waals surface area (Å²) in [5, 5.41) is 16.5. The molecule has 0 bridgehead atoms. The van der Waals surface area contributed by atoms with Crippen molar-refractivity contribution in [3.8, 4) is 17.0 Å². The van der Waals surface area contributed by atoms with Crippen molar-refractivity contribution in [2.24, 2.45) is 0 Å². The molecule has 0 radical (unpaired) electrons. The number of aliphatic carboxylic acids is 1. The van der Waals surface area contributed by atoms with E-state index in [1.54, 1.807) is 18.6 Å². The molecule has 5 rings (SSSR count). The number of aromatic nitrogens is 4. The lowest BCUT2D eigenvalue weighted by molar-refractivity contribution is -0.138. The first kappa shape index (κ1) is 30.9. The van der Waals surface area contributed by atoms with Crippen LogP contribution in [0.1, 0.15) is 42.6 Å². The maximum absolute atomic E-state index is 12.2. The minimum Gasteiger partial charge on any atom is -0.491 e. The van der Waals surface area contributed by atoms with Crippen LogP contribution in [0.4, 0.5) is 11.6 Å². The Morgan fingerprint density at radius 3 is 2.73 bits per heavy atom. The van der Waals surface area contributed by atoms with E-state index in [0.29, 0.717) is 37.6 Å². The zero-order valence-corrected chi connectivity index (χ0v) is 25.3. The molecule has 1 atom stereocenters. The van der Waals surface area contributed by atoms with Gasteiger partial charge in [-0.2, -0.15) is 0 Å². The second-order valence-corrected chi connectivity index (χ2v) is 11.1. The fourth-order valence-electron chi connectivity index (χ4n) is 5.25. The molecule has 230 valence electrons. The summed E-state index contributed by atoms with van der Waals surface area (Å²) in [7, 11) is 0. The number of benzene rings is 1. The van der Waals surface area contributed by atoms with Crippen LogP contribution in [0.15, 0.2) is 73.2 Å². The zero-order valence-electron chi connectivity index (χ0n) is 25.3. The topological polar surface area (TPSA) is 125 Å². The van der Waals surface area contributed by atoms with Crippen LogP contribution in [0, 0.1) is 6.92 Å². The van der Waals surface area contributed by atoms with Gasteiger partial charge in [-0.3, -0.25) is 14.9 Å². The smallest absolute Gasteiger partial charge is 0.326 e. The van der Waals surface area contributed by atoms with Crippen LogP contribution in [0.3, 0.4) is 0 Å². The number of rotatable bonds is 16. The number of ether oxygens (including phenoxy) is 1. The van der Waals surface area contributed by atoms with Gasteiger partial charge < -0.3 is 20.5 Å². The number of hydrogen-bond acceptors (Lipinski definition) is 9. The molecular weight excluding hydrogens is 554 g/mol. The average Bonchev–Trinajstić information content (AvgIpc) is 3.05. The number of nitrogens with zero attached hydrogens (tertiary/aromatic N) is 5. The van der Waals surface area contributed by atoms with Crippen LogP contribution < -0.4 is 15.4 Å². The van der Waals surface area contributed by atoms with Crippen LogP contribution >= 0.6 is 0 Å². The summed E-state index contributed by atoms with van der Waals surface area (Å²) in [6.07, 6.45) is 10.5. The van der Waals surface area contributed by atoms with Gasteiger partial charge in [0.2, 0.25) is 0 Å². The molecule has 3 N–H and O–H groups in total. The highest BCUT2D eigenvalue weighted by atomic mass is 16.5. The summed E-state index contributed by atoms with van der Waals surface area (Å²) in [6, 6.07) is 17.1. The van der Waals surface area contributed by atoms with E-state index in [1.165, 1.54) is 5.56 Å². The van der Waals surface area contributed by atoms with Gasteiger partial charge in [0, 0.05) is 36.6 Å². The van der Waals surface area contributed by atoms with Crippen molar-refractivity contribution in [3.05, 3.63) is 90.1 Å². The Hall–Kier alpha value is -4.57. The highest BCUT2D eigenvalue weighted by molar-refractivity contribution is 5.77. The second kappa shape index (κ2) is 15.8. The van der Waals surface area contributed by atoms with E-state index in [9.17, 15) is 9.90 Å². The van der Waals surface area contributed by atoms with Crippen LogP contribution in [0.25, 0.3) is 11.3 Å². The molecule has 10 nitrogen and oxygen atoms in total. The normalized spacial score (nSPS) is 13.1. The van der Waals surface area contributed by atoms with E-state index in [0.717, 1.165) is 73.7 Å². The highest BCUT2D eigenvalue weighted by Crippen LogP contribution is 2.21. The Kier molecular flexibility index (Phi) is 11.1. The Morgan fingerprint density at radius 2 is 1.91 bits per heavy atom. The summed E-state index contributed by atoms with van der Waals surface area (Å²) in [6.45, 7) is 5.50. The Bertz CT molecular complexity index is 1480. The number of carboxylic acids is 1. The van der Waals surface area contributed by atoms with Gasteiger partial charge in [-0.1, -0.05) is 36.4 Å². The number of unbranched alkanes of at least 4 members (excludes halogenated alkanes) is 1. The zero-order chi connectivity index (χ0) is 30.6. The SMILES string of the molecule is Cc1ccc(OCCN(CCCCc2ccc3c(n2)NCCC3)CC[C@H](Nc2cncc(-c3ccccc3)n2)C(=O)O)cn1. The van der Waals surface area contributed by atoms with Crippen molar-refractivity contribution < 1.29 is 14.6 Å². The average molecular weight is 596 g/mol. The lowest BCUT2D eigenvalue weighted by atomic mass is 10.1. The summed E-state index contributed by atoms with van der Waals surface area (Å²) in [5.41, 5.74) is 4.96. The number of nitrogens with one attached hydrogen (secondary N) is 2. The van der Waals surface area contributed by atoms with Crippen molar-refractivity contribution in [1.29, 1.82) is 0 Å². The van der Waals surface area contributed by atoms with Crippen molar-refractivity contribution in [2.75, 3.05) is 43.4 Å². The van der Waals surface area contributed by atoms with E-state index in [4.69, 9.17) is 9.72 Å². The quantitative estimate of drug-likeness (QED) is 0.148. The third-order valence-electron chi connectivity index (χ3n) is 7.73. The van der Waals surface area contributed by atoms with E-state index >= 15 is 0 Å². The van der Waals surface area contributed by atoms with Crippen molar-refractivity contribution in [3.63, 3.8) is 0 Å². The molecular formula is C34H41N7O3. The molecule has 1 aliphatic rings. The Balaban J connectivity index is 1.17. The minimum absolute atomic E-state index is 0.400. The maximum Gasteiger partial charge on any atom is 0.326 e. The van der Waals surface area contributed by atoms with E-state index in [2.05, 4.69) is 42.6 Å². The number of pyridine rings is 2. The molecule has 0 amide bonds. The van der Waals surface area contributed by atoms with Crippen molar-refractivity contribution in [1.82, 2.24) is 24.8 Å². The first-order valence-electron chi connectivity index (χ1n) is 15.4. The highest BCUT2D eigenvalue weighted by Gasteiger charge is 2.20. The van der Waals surface area contributed by atoms with Gasteiger partial charge in [0.15, 0.2) is 0 Å². The predicted molar refractivity (Wildman–Crippen MR) is 172 cm³/mol. The standard InChI is InChI=1S/C34H41N7O3/c1-25-12-15-29(22-37-25)44-21-20-41(18-6-5-11-28-14-13-27-10-7-17-36-33(27)38-28)19-16-30(34(42)43)39-32-24-35-23-31(40-32)26-8-3-2-4-9-26/h2-4,8-9,12-15,22-24,30H,5-7,10-11,16-21H2,1H3,(H,36,38)(H,39,40)(H,42,43)/t30-/m0/s1. The minimum atomic E-state index is -0.925. The Morgan fingerprint density at radius 1 is 1.02 bits per heavy atom. The Labute approximate surface area is 259 Å². The van der Waals surface area contributed by atoms with Gasteiger partial charge >= 0.3 is 5.97 Å². The molecule has 0 unspecified atom stereocenters. The molecule has 3 aromatic heterocycles. The van der Waals surface area contributed by atoms with Gasteiger partial charge in [0.25, 0.3) is 0 Å². The molecule has 0 saturated carbocycles. The molecule has 1 aromatic carbocycles. The number of hydrogen-bond donors (Lipinski definition) is 3. The van der Waals surface area contributed by atoms with Crippen molar-refractivity contribution in [2.45, 2.75) is 51.5 Å². The monoisotopic (exact) mass is 595 g/mol. The molecule has 0 saturated heterocycles.